The second-order valence-corrected chi connectivity index (χ2v) is 7.10. The number of hydrogen-bond acceptors (Lipinski definition) is 3. The van der Waals surface area contributed by atoms with E-state index in [2.05, 4.69) is 0 Å². The zero-order valence-electron chi connectivity index (χ0n) is 14.0. The molecule has 0 radical (unpaired) electrons. The van der Waals surface area contributed by atoms with Gasteiger partial charge in [-0.1, -0.05) is 32.0 Å². The maximum Gasteiger partial charge on any atom is 0.254 e. The molecular weight excluding hydrogens is 292 g/mol. The van der Waals surface area contributed by atoms with Crippen molar-refractivity contribution in [1.82, 2.24) is 9.80 Å². The van der Waals surface area contributed by atoms with E-state index in [-0.39, 0.29) is 29.6 Å². The van der Waals surface area contributed by atoms with Gasteiger partial charge in [0.2, 0.25) is 5.91 Å². The fourth-order valence-corrected chi connectivity index (χ4v) is 3.79. The Hall–Kier alpha value is -2.17. The predicted octanol–water partition coefficient (Wildman–Crippen LogP) is 1.83. The molecule has 1 fully saturated rings. The Balaban J connectivity index is 2.08. The molecule has 23 heavy (non-hydrogen) atoms. The maximum absolute atomic E-state index is 13.2. The van der Waals surface area contributed by atoms with Crippen molar-refractivity contribution in [2.24, 2.45) is 11.3 Å². The summed E-state index contributed by atoms with van der Waals surface area (Å²) in [5, 5.41) is 0. The smallest absolute Gasteiger partial charge is 0.254 e. The monoisotopic (exact) mass is 314 g/mol. The third kappa shape index (κ3) is 2.18. The Labute approximate surface area is 136 Å². The quantitative estimate of drug-likeness (QED) is 0.794. The number of likely N-dealkylation sites (N-methyl/N-ethyl adjacent to an activating group) is 1. The molecule has 0 aromatic heterocycles. The first-order valence-electron chi connectivity index (χ1n) is 7.97. The Morgan fingerprint density at radius 3 is 2.43 bits per heavy atom. The van der Waals surface area contributed by atoms with E-state index in [1.807, 2.05) is 20.8 Å². The number of carbonyl (C=O) groups is 3. The molecular formula is C18H22N2O3. The summed E-state index contributed by atoms with van der Waals surface area (Å²) in [6.45, 7) is 6.35. The van der Waals surface area contributed by atoms with Gasteiger partial charge in [0.05, 0.1) is 17.0 Å². The first-order chi connectivity index (χ1) is 10.8. The van der Waals surface area contributed by atoms with Crippen LogP contribution >= 0.6 is 0 Å². The number of amides is 2. The van der Waals surface area contributed by atoms with Gasteiger partial charge in [-0.25, -0.2) is 0 Å². The molecule has 0 spiro atoms. The van der Waals surface area contributed by atoms with E-state index in [0.717, 1.165) is 0 Å². The molecule has 5 heteroatoms. The van der Waals surface area contributed by atoms with E-state index in [1.54, 1.807) is 41.1 Å². The summed E-state index contributed by atoms with van der Waals surface area (Å²) < 4.78 is 0. The number of Topliss-reactive ketones (excluding diaryl/α,β-unsaturated/α-hetero) is 1. The fraction of sp³-hybridized carbons (Fsp3) is 0.500. The number of carbonyl (C=O) groups excluding carboxylic acids is 3. The molecule has 122 valence electrons. The van der Waals surface area contributed by atoms with Crippen LogP contribution in [0.3, 0.4) is 0 Å². The molecule has 2 aliphatic rings. The normalized spacial score (nSPS) is 27.1. The third-order valence-electron chi connectivity index (χ3n) is 5.16. The molecule has 1 aromatic rings. The van der Waals surface area contributed by atoms with E-state index in [9.17, 15) is 14.4 Å². The van der Waals surface area contributed by atoms with Gasteiger partial charge in [-0.3, -0.25) is 14.4 Å². The summed E-state index contributed by atoms with van der Waals surface area (Å²) in [5.74, 6) is -0.290. The summed E-state index contributed by atoms with van der Waals surface area (Å²) in [6, 6.07) is 6.67. The SMILES string of the molecule is CC(C)C(=O)N1C[C@H]2N(C)C(=O)c3ccccc3C(=O)[C@@]2(C)C1. The minimum absolute atomic E-state index is 0.0289. The highest BCUT2D eigenvalue weighted by Gasteiger charge is 2.54. The standard InChI is InChI=1S/C18H22N2O3/c1-11(2)16(22)20-9-14-18(3,10-20)15(21)12-7-5-6-8-13(12)17(23)19(14)4/h5-8,11,14H,9-10H2,1-4H3/t14-,18+/m1/s1. The molecule has 3 rings (SSSR count). The van der Waals surface area contributed by atoms with Crippen molar-refractivity contribution in [2.75, 3.05) is 20.1 Å². The van der Waals surface area contributed by atoms with Gasteiger partial charge in [0, 0.05) is 31.6 Å². The number of hydrogen-bond donors (Lipinski definition) is 0. The van der Waals surface area contributed by atoms with Crippen LogP contribution < -0.4 is 0 Å². The third-order valence-corrected chi connectivity index (χ3v) is 5.16. The Kier molecular flexibility index (Phi) is 3.54. The highest BCUT2D eigenvalue weighted by Crippen LogP contribution is 2.40. The van der Waals surface area contributed by atoms with E-state index < -0.39 is 5.41 Å². The van der Waals surface area contributed by atoms with Gasteiger partial charge >= 0.3 is 0 Å². The number of fused-ring (bicyclic) bond motifs is 2. The van der Waals surface area contributed by atoms with Crippen LogP contribution in [0.5, 0.6) is 0 Å². The van der Waals surface area contributed by atoms with Crippen LogP contribution in [-0.2, 0) is 4.79 Å². The fourth-order valence-electron chi connectivity index (χ4n) is 3.79. The van der Waals surface area contributed by atoms with Gasteiger partial charge in [0.1, 0.15) is 0 Å². The van der Waals surface area contributed by atoms with Gasteiger partial charge in [0.15, 0.2) is 5.78 Å². The molecule has 2 aliphatic heterocycles. The van der Waals surface area contributed by atoms with Crippen LogP contribution in [0.2, 0.25) is 0 Å². The van der Waals surface area contributed by atoms with Crippen molar-refractivity contribution in [1.29, 1.82) is 0 Å². The van der Waals surface area contributed by atoms with Crippen molar-refractivity contribution >= 4 is 17.6 Å². The topological polar surface area (TPSA) is 57.7 Å². The molecule has 5 nitrogen and oxygen atoms in total. The lowest BCUT2D eigenvalue weighted by atomic mass is 9.78. The zero-order chi connectivity index (χ0) is 16.9. The van der Waals surface area contributed by atoms with Gasteiger partial charge in [-0.15, -0.1) is 0 Å². The summed E-state index contributed by atoms with van der Waals surface area (Å²) in [6.07, 6.45) is 0. The average Bonchev–Trinajstić information content (AvgIpc) is 2.88. The Morgan fingerprint density at radius 2 is 1.83 bits per heavy atom. The van der Waals surface area contributed by atoms with Crippen LogP contribution in [0.25, 0.3) is 0 Å². The van der Waals surface area contributed by atoms with Crippen molar-refractivity contribution < 1.29 is 14.4 Å². The van der Waals surface area contributed by atoms with Crippen molar-refractivity contribution in [3.05, 3.63) is 35.4 Å². The van der Waals surface area contributed by atoms with Crippen LogP contribution in [0, 0.1) is 11.3 Å². The summed E-state index contributed by atoms with van der Waals surface area (Å²) in [4.78, 5) is 41.6. The zero-order valence-corrected chi connectivity index (χ0v) is 14.0. The maximum atomic E-state index is 13.2. The average molecular weight is 314 g/mol. The summed E-state index contributed by atoms with van der Waals surface area (Å²) in [5.41, 5.74) is 0.159. The van der Waals surface area contributed by atoms with Crippen LogP contribution in [0.4, 0.5) is 0 Å². The second-order valence-electron chi connectivity index (χ2n) is 7.10. The van der Waals surface area contributed by atoms with E-state index in [4.69, 9.17) is 0 Å². The number of benzene rings is 1. The van der Waals surface area contributed by atoms with Crippen molar-refractivity contribution in [2.45, 2.75) is 26.8 Å². The van der Waals surface area contributed by atoms with Crippen molar-refractivity contribution in [3.8, 4) is 0 Å². The molecule has 1 saturated heterocycles. The first kappa shape index (κ1) is 15.7. The van der Waals surface area contributed by atoms with Gasteiger partial charge in [-0.2, -0.15) is 0 Å². The Bertz CT molecular complexity index is 697. The lowest BCUT2D eigenvalue weighted by Crippen LogP contribution is -2.48. The number of likely N-dealkylation sites (tertiary alicyclic amines) is 1. The lowest BCUT2D eigenvalue weighted by molar-refractivity contribution is -0.133. The largest absolute Gasteiger partial charge is 0.339 e. The van der Waals surface area contributed by atoms with Gasteiger partial charge in [0.25, 0.3) is 5.91 Å². The Morgan fingerprint density at radius 1 is 1.22 bits per heavy atom. The van der Waals surface area contributed by atoms with E-state index in [0.29, 0.717) is 24.2 Å². The van der Waals surface area contributed by atoms with Gasteiger partial charge < -0.3 is 9.80 Å². The molecule has 0 unspecified atom stereocenters. The van der Waals surface area contributed by atoms with E-state index >= 15 is 0 Å². The highest BCUT2D eigenvalue weighted by molar-refractivity contribution is 6.12. The first-order valence-corrected chi connectivity index (χ1v) is 7.97. The second kappa shape index (κ2) is 5.18. The molecule has 0 aliphatic carbocycles. The minimum atomic E-state index is -0.762. The summed E-state index contributed by atoms with van der Waals surface area (Å²) >= 11 is 0. The predicted molar refractivity (Wildman–Crippen MR) is 86.2 cm³/mol. The molecule has 0 N–H and O–H groups in total. The number of rotatable bonds is 1. The number of ketones is 1. The van der Waals surface area contributed by atoms with Crippen LogP contribution in [0.15, 0.2) is 24.3 Å². The molecule has 2 heterocycles. The highest BCUT2D eigenvalue weighted by atomic mass is 16.2. The molecule has 0 saturated carbocycles. The molecule has 2 amide bonds. The van der Waals surface area contributed by atoms with Crippen molar-refractivity contribution in [3.63, 3.8) is 0 Å². The molecule has 2 atom stereocenters. The molecule has 1 aromatic carbocycles. The number of nitrogens with zero attached hydrogens (tertiary/aromatic N) is 2. The van der Waals surface area contributed by atoms with Crippen LogP contribution in [-0.4, -0.2) is 53.6 Å². The van der Waals surface area contributed by atoms with Gasteiger partial charge in [-0.05, 0) is 13.0 Å². The van der Waals surface area contributed by atoms with E-state index in [1.165, 1.54) is 0 Å². The minimum Gasteiger partial charge on any atom is -0.339 e. The molecule has 0 bridgehead atoms. The summed E-state index contributed by atoms with van der Waals surface area (Å²) in [7, 11) is 1.73. The lowest BCUT2D eigenvalue weighted by Gasteiger charge is -2.32. The van der Waals surface area contributed by atoms with Crippen LogP contribution in [0.1, 0.15) is 41.5 Å².